The molecule has 9 nitrogen and oxygen atoms in total. The fraction of sp³-hybridized carbons (Fsp3) is 0.550. The predicted molar refractivity (Wildman–Crippen MR) is 106 cm³/mol. The summed E-state index contributed by atoms with van der Waals surface area (Å²) >= 11 is 0. The Hall–Kier alpha value is -2.81. The van der Waals surface area contributed by atoms with E-state index < -0.39 is 23.9 Å². The van der Waals surface area contributed by atoms with Crippen LogP contribution in [-0.4, -0.2) is 60.8 Å². The van der Waals surface area contributed by atoms with Crippen molar-refractivity contribution in [3.63, 3.8) is 0 Å². The van der Waals surface area contributed by atoms with E-state index in [2.05, 4.69) is 10.6 Å². The number of methoxy groups -OCH3 is 2. The van der Waals surface area contributed by atoms with Crippen LogP contribution in [0.1, 0.15) is 32.3 Å². The van der Waals surface area contributed by atoms with E-state index in [-0.39, 0.29) is 31.5 Å². The number of aliphatic hydroxyl groups excluding tert-OH is 1. The molecule has 0 spiro atoms. The first-order valence-electron chi connectivity index (χ1n) is 9.57. The van der Waals surface area contributed by atoms with Crippen molar-refractivity contribution in [2.24, 2.45) is 5.92 Å². The molecule has 0 saturated carbocycles. The molecule has 1 saturated heterocycles. The number of hydrogen-bond donors (Lipinski definition) is 3. The molecule has 0 bridgehead atoms. The van der Waals surface area contributed by atoms with Gasteiger partial charge in [-0.15, -0.1) is 0 Å². The predicted octanol–water partition coefficient (Wildman–Crippen LogP) is 1.04. The van der Waals surface area contributed by atoms with Crippen molar-refractivity contribution >= 4 is 17.8 Å². The zero-order valence-electron chi connectivity index (χ0n) is 17.2. The Balaban J connectivity index is 2.01. The van der Waals surface area contributed by atoms with Gasteiger partial charge < -0.3 is 25.2 Å². The van der Waals surface area contributed by atoms with Crippen molar-refractivity contribution in [1.29, 1.82) is 0 Å². The van der Waals surface area contributed by atoms with Gasteiger partial charge in [-0.25, -0.2) is 4.79 Å². The highest BCUT2D eigenvalue weighted by atomic mass is 16.5. The number of hydrogen-bond acceptors (Lipinski definition) is 6. The molecule has 1 aliphatic rings. The lowest BCUT2D eigenvalue weighted by molar-refractivity contribution is -0.131. The third kappa shape index (κ3) is 5.38. The van der Waals surface area contributed by atoms with Crippen molar-refractivity contribution in [2.45, 2.75) is 45.3 Å². The Morgan fingerprint density at radius 3 is 2.55 bits per heavy atom. The first-order valence-corrected chi connectivity index (χ1v) is 9.57. The van der Waals surface area contributed by atoms with Crippen LogP contribution < -0.4 is 20.1 Å². The van der Waals surface area contributed by atoms with Gasteiger partial charge in [0.25, 0.3) is 5.91 Å². The van der Waals surface area contributed by atoms with Gasteiger partial charge >= 0.3 is 6.03 Å². The highest BCUT2D eigenvalue weighted by Gasteiger charge is 2.39. The van der Waals surface area contributed by atoms with E-state index in [0.717, 1.165) is 11.3 Å². The van der Waals surface area contributed by atoms with Crippen LogP contribution in [0.5, 0.6) is 11.5 Å². The van der Waals surface area contributed by atoms with Gasteiger partial charge in [-0.05, 0) is 23.6 Å². The summed E-state index contributed by atoms with van der Waals surface area (Å²) in [5.74, 6) is 0.273. The smallest absolute Gasteiger partial charge is 0.325 e. The Kier molecular flexibility index (Phi) is 7.83. The molecule has 9 heteroatoms. The third-order valence-electron chi connectivity index (χ3n) is 5.16. The molecule has 1 heterocycles. The molecule has 3 N–H and O–H groups in total. The first kappa shape index (κ1) is 22.5. The summed E-state index contributed by atoms with van der Waals surface area (Å²) in [5.41, 5.74) is 0.688. The largest absolute Gasteiger partial charge is 0.493 e. The number of ether oxygens (including phenoxy) is 2. The van der Waals surface area contributed by atoms with Crippen LogP contribution in [0, 0.1) is 5.92 Å². The van der Waals surface area contributed by atoms with E-state index in [0.29, 0.717) is 17.1 Å². The number of carbonyl (C=O) groups excluding carboxylic acids is 3. The summed E-state index contributed by atoms with van der Waals surface area (Å²) in [6.07, 6.45) is 0.615. The summed E-state index contributed by atoms with van der Waals surface area (Å²) in [5, 5.41) is 14.7. The van der Waals surface area contributed by atoms with Crippen LogP contribution >= 0.6 is 0 Å². The minimum atomic E-state index is -0.932. The number of benzene rings is 1. The van der Waals surface area contributed by atoms with Crippen molar-refractivity contribution in [2.75, 3.05) is 20.8 Å². The maximum atomic E-state index is 12.6. The molecule has 1 aliphatic heterocycles. The second-order valence-corrected chi connectivity index (χ2v) is 7.06. The molecule has 3 atom stereocenters. The van der Waals surface area contributed by atoms with Gasteiger partial charge in [0.15, 0.2) is 11.5 Å². The Bertz CT molecular complexity index is 754. The molecular weight excluding hydrogens is 378 g/mol. The molecule has 1 aromatic rings. The number of nitrogens with zero attached hydrogens (tertiary/aromatic N) is 1. The molecule has 4 amide bonds. The molecule has 1 fully saturated rings. The third-order valence-corrected chi connectivity index (χ3v) is 5.16. The van der Waals surface area contributed by atoms with E-state index >= 15 is 0 Å². The maximum absolute atomic E-state index is 12.6. The van der Waals surface area contributed by atoms with Gasteiger partial charge in [0, 0.05) is 0 Å². The molecule has 1 aromatic carbocycles. The van der Waals surface area contributed by atoms with E-state index in [1.165, 1.54) is 14.2 Å². The van der Waals surface area contributed by atoms with Crippen molar-refractivity contribution < 1.29 is 29.0 Å². The molecule has 0 unspecified atom stereocenters. The topological polar surface area (TPSA) is 117 Å². The van der Waals surface area contributed by atoms with E-state index in [4.69, 9.17) is 9.47 Å². The van der Waals surface area contributed by atoms with Crippen LogP contribution in [0.2, 0.25) is 0 Å². The molecule has 29 heavy (non-hydrogen) atoms. The summed E-state index contributed by atoms with van der Waals surface area (Å²) in [4.78, 5) is 38.2. The van der Waals surface area contributed by atoms with Crippen molar-refractivity contribution in [3.05, 3.63) is 23.8 Å². The van der Waals surface area contributed by atoms with Gasteiger partial charge in [-0.3, -0.25) is 14.5 Å². The fourth-order valence-corrected chi connectivity index (χ4v) is 3.13. The van der Waals surface area contributed by atoms with Crippen LogP contribution in [-0.2, 0) is 16.1 Å². The quantitative estimate of drug-likeness (QED) is 0.499. The Morgan fingerprint density at radius 2 is 1.97 bits per heavy atom. The van der Waals surface area contributed by atoms with Crippen molar-refractivity contribution in [3.8, 4) is 11.5 Å². The van der Waals surface area contributed by atoms with Gasteiger partial charge in [0.2, 0.25) is 5.91 Å². The molecule has 0 aromatic heterocycles. The van der Waals surface area contributed by atoms with Crippen LogP contribution in [0.3, 0.4) is 0 Å². The molecule has 2 rings (SSSR count). The monoisotopic (exact) mass is 407 g/mol. The lowest BCUT2D eigenvalue weighted by Crippen LogP contribution is -2.44. The van der Waals surface area contributed by atoms with Gasteiger partial charge in [-0.2, -0.15) is 0 Å². The number of aliphatic hydroxyl groups is 1. The molecule has 160 valence electrons. The van der Waals surface area contributed by atoms with Crippen LogP contribution in [0.4, 0.5) is 4.79 Å². The maximum Gasteiger partial charge on any atom is 0.325 e. The molecular formula is C20H29N3O6. The number of imide groups is 1. The second-order valence-electron chi connectivity index (χ2n) is 7.06. The Morgan fingerprint density at radius 1 is 1.28 bits per heavy atom. The number of amides is 4. The SMILES string of the molecule is CC[C@@H](C)[C@@H](CO)NC(=O)C[C@@H]1NC(=O)N(Cc2ccc(OC)c(OC)c2)C1=O. The standard InChI is InChI=1S/C20H29N3O6/c1-5-12(2)15(11-24)21-18(25)9-14-19(26)23(20(27)22-14)10-13-6-7-16(28-3)17(8-13)29-4/h6-8,12,14-15,24H,5,9-11H2,1-4H3,(H,21,25)(H,22,27)/t12-,14+,15-/m1/s1. The first-order chi connectivity index (χ1) is 13.8. The van der Waals surface area contributed by atoms with Gasteiger partial charge in [0.1, 0.15) is 6.04 Å². The van der Waals surface area contributed by atoms with Crippen LogP contribution in [0.25, 0.3) is 0 Å². The van der Waals surface area contributed by atoms with Crippen LogP contribution in [0.15, 0.2) is 18.2 Å². The average molecular weight is 407 g/mol. The molecule has 0 aliphatic carbocycles. The average Bonchev–Trinajstić information content (AvgIpc) is 2.98. The highest BCUT2D eigenvalue weighted by molar-refractivity contribution is 6.05. The highest BCUT2D eigenvalue weighted by Crippen LogP contribution is 2.28. The summed E-state index contributed by atoms with van der Waals surface area (Å²) in [6.45, 7) is 3.76. The lowest BCUT2D eigenvalue weighted by atomic mass is 9.99. The second kappa shape index (κ2) is 10.1. The van der Waals surface area contributed by atoms with Gasteiger partial charge in [0.05, 0.1) is 39.8 Å². The summed E-state index contributed by atoms with van der Waals surface area (Å²) < 4.78 is 10.4. The van der Waals surface area contributed by atoms with E-state index in [1.807, 2.05) is 13.8 Å². The number of nitrogens with one attached hydrogen (secondary N) is 2. The summed E-state index contributed by atoms with van der Waals surface area (Å²) in [7, 11) is 3.02. The van der Waals surface area contributed by atoms with E-state index in [1.54, 1.807) is 18.2 Å². The number of urea groups is 1. The van der Waals surface area contributed by atoms with E-state index in [9.17, 15) is 19.5 Å². The summed E-state index contributed by atoms with van der Waals surface area (Å²) in [6, 6.07) is 3.25. The normalized spacial score (nSPS) is 18.2. The van der Waals surface area contributed by atoms with Crippen molar-refractivity contribution in [1.82, 2.24) is 15.5 Å². The molecule has 0 radical (unpaired) electrons. The lowest BCUT2D eigenvalue weighted by Gasteiger charge is -2.22. The fourth-order valence-electron chi connectivity index (χ4n) is 3.13. The number of carbonyl (C=O) groups is 3. The van der Waals surface area contributed by atoms with Gasteiger partial charge in [-0.1, -0.05) is 26.3 Å². The minimum absolute atomic E-state index is 0.0509. The minimum Gasteiger partial charge on any atom is -0.493 e. The zero-order valence-corrected chi connectivity index (χ0v) is 17.2. The zero-order chi connectivity index (χ0) is 21.6. The number of rotatable bonds is 10. The Labute approximate surface area is 170 Å².